The van der Waals surface area contributed by atoms with E-state index in [9.17, 15) is 5.11 Å². The van der Waals surface area contributed by atoms with Gasteiger partial charge in [0.1, 0.15) is 0 Å². The highest BCUT2D eigenvalue weighted by Crippen LogP contribution is 2.34. The van der Waals surface area contributed by atoms with Crippen LogP contribution >= 0.6 is 0 Å². The third-order valence-corrected chi connectivity index (χ3v) is 3.40. The molecule has 0 aliphatic carbocycles. The molecule has 15 heavy (non-hydrogen) atoms. The van der Waals surface area contributed by atoms with E-state index in [4.69, 9.17) is 0 Å². The first-order valence-electron chi connectivity index (χ1n) is 6.86. The predicted octanol–water partition coefficient (Wildman–Crippen LogP) is 4.53. The summed E-state index contributed by atoms with van der Waals surface area (Å²) in [5.74, 6) is 0.521. The predicted molar refractivity (Wildman–Crippen MR) is 68.1 cm³/mol. The van der Waals surface area contributed by atoms with E-state index in [-0.39, 0.29) is 5.60 Å². The van der Waals surface area contributed by atoms with Gasteiger partial charge in [-0.1, -0.05) is 53.4 Å². The van der Waals surface area contributed by atoms with Gasteiger partial charge in [0.25, 0.3) is 0 Å². The molecule has 1 heteroatoms. The van der Waals surface area contributed by atoms with E-state index in [2.05, 4.69) is 27.7 Å². The van der Waals surface area contributed by atoms with E-state index in [0.717, 1.165) is 25.7 Å². The van der Waals surface area contributed by atoms with Crippen LogP contribution < -0.4 is 0 Å². The Bertz CT molecular complexity index is 130. The van der Waals surface area contributed by atoms with Crippen LogP contribution in [0.1, 0.15) is 79.1 Å². The van der Waals surface area contributed by atoms with Gasteiger partial charge in [0.2, 0.25) is 0 Å². The molecule has 0 aromatic heterocycles. The van der Waals surface area contributed by atoms with Crippen molar-refractivity contribution >= 4 is 0 Å². The Morgan fingerprint density at radius 3 is 1.47 bits per heavy atom. The molecular formula is C14H30O. The van der Waals surface area contributed by atoms with Crippen molar-refractivity contribution in [2.24, 2.45) is 5.92 Å². The van der Waals surface area contributed by atoms with Crippen molar-refractivity contribution in [3.63, 3.8) is 0 Å². The first-order valence-corrected chi connectivity index (χ1v) is 6.86. The van der Waals surface area contributed by atoms with Gasteiger partial charge in [0, 0.05) is 0 Å². The third-order valence-electron chi connectivity index (χ3n) is 3.40. The molecule has 0 saturated heterocycles. The molecule has 0 aromatic rings. The molecule has 0 spiro atoms. The van der Waals surface area contributed by atoms with Crippen molar-refractivity contribution in [1.29, 1.82) is 0 Å². The smallest absolute Gasteiger partial charge is 0.0675 e. The van der Waals surface area contributed by atoms with Gasteiger partial charge < -0.3 is 5.11 Å². The van der Waals surface area contributed by atoms with Gasteiger partial charge in [-0.15, -0.1) is 0 Å². The summed E-state index contributed by atoms with van der Waals surface area (Å²) in [6.07, 6.45) is 8.91. The summed E-state index contributed by atoms with van der Waals surface area (Å²) in [5.41, 5.74) is -0.379. The normalized spacial score (nSPS) is 12.4. The zero-order valence-corrected chi connectivity index (χ0v) is 11.2. The molecule has 0 heterocycles. The highest BCUT2D eigenvalue weighted by atomic mass is 16.3. The van der Waals surface area contributed by atoms with E-state index in [1.54, 1.807) is 0 Å². The van der Waals surface area contributed by atoms with Crippen LogP contribution in [0.15, 0.2) is 0 Å². The third kappa shape index (κ3) is 5.01. The summed E-state index contributed by atoms with van der Waals surface area (Å²) in [4.78, 5) is 0. The highest BCUT2D eigenvalue weighted by molar-refractivity contribution is 4.85. The fourth-order valence-corrected chi connectivity index (χ4v) is 2.78. The van der Waals surface area contributed by atoms with Crippen LogP contribution in [0.3, 0.4) is 0 Å². The standard InChI is InChI=1S/C14H30O/c1-5-9-13(10-6-2)14(15,11-7-3)12-8-4/h13,15H,5-12H2,1-4H3. The monoisotopic (exact) mass is 214 g/mol. The van der Waals surface area contributed by atoms with Gasteiger partial charge in [0.05, 0.1) is 5.60 Å². The Kier molecular flexibility index (Phi) is 8.13. The summed E-state index contributed by atoms with van der Waals surface area (Å²) in [6, 6.07) is 0. The molecule has 0 atom stereocenters. The Balaban J connectivity index is 4.48. The second-order valence-corrected chi connectivity index (χ2v) is 4.88. The van der Waals surface area contributed by atoms with Crippen LogP contribution in [0.4, 0.5) is 0 Å². The van der Waals surface area contributed by atoms with Crippen LogP contribution in [0.2, 0.25) is 0 Å². The van der Waals surface area contributed by atoms with Crippen molar-refractivity contribution in [1.82, 2.24) is 0 Å². The van der Waals surface area contributed by atoms with Crippen molar-refractivity contribution in [2.75, 3.05) is 0 Å². The van der Waals surface area contributed by atoms with Crippen LogP contribution in [-0.2, 0) is 0 Å². The second-order valence-electron chi connectivity index (χ2n) is 4.88. The van der Waals surface area contributed by atoms with Gasteiger partial charge in [0.15, 0.2) is 0 Å². The van der Waals surface area contributed by atoms with Crippen LogP contribution in [0, 0.1) is 5.92 Å². The van der Waals surface area contributed by atoms with E-state index in [0.29, 0.717) is 5.92 Å². The number of hydrogen-bond donors (Lipinski definition) is 1. The van der Waals surface area contributed by atoms with Gasteiger partial charge in [-0.2, -0.15) is 0 Å². The molecule has 92 valence electrons. The number of aliphatic hydroxyl groups is 1. The summed E-state index contributed by atoms with van der Waals surface area (Å²) in [5, 5.41) is 10.7. The Labute approximate surface area is 96.3 Å². The molecular weight excluding hydrogens is 184 g/mol. The van der Waals surface area contributed by atoms with Gasteiger partial charge in [-0.25, -0.2) is 0 Å². The van der Waals surface area contributed by atoms with Crippen molar-refractivity contribution < 1.29 is 5.11 Å². The van der Waals surface area contributed by atoms with E-state index in [1.807, 2.05) is 0 Å². The van der Waals surface area contributed by atoms with Crippen LogP contribution in [0.5, 0.6) is 0 Å². The molecule has 0 saturated carbocycles. The quantitative estimate of drug-likeness (QED) is 0.597. The van der Waals surface area contributed by atoms with E-state index in [1.165, 1.54) is 25.7 Å². The Morgan fingerprint density at radius 2 is 1.20 bits per heavy atom. The first kappa shape index (κ1) is 15.0. The van der Waals surface area contributed by atoms with E-state index >= 15 is 0 Å². The molecule has 0 fully saturated rings. The first-order chi connectivity index (χ1) is 7.14. The van der Waals surface area contributed by atoms with Crippen LogP contribution in [-0.4, -0.2) is 10.7 Å². The summed E-state index contributed by atoms with van der Waals surface area (Å²) < 4.78 is 0. The molecule has 0 aliphatic heterocycles. The van der Waals surface area contributed by atoms with Crippen molar-refractivity contribution in [3.8, 4) is 0 Å². The number of hydrogen-bond acceptors (Lipinski definition) is 1. The van der Waals surface area contributed by atoms with Gasteiger partial charge in [-0.3, -0.25) is 0 Å². The largest absolute Gasteiger partial charge is 0.390 e. The van der Waals surface area contributed by atoms with Gasteiger partial charge >= 0.3 is 0 Å². The topological polar surface area (TPSA) is 20.2 Å². The fraction of sp³-hybridized carbons (Fsp3) is 1.00. The minimum atomic E-state index is -0.379. The lowest BCUT2D eigenvalue weighted by Crippen LogP contribution is -2.37. The van der Waals surface area contributed by atoms with Crippen molar-refractivity contribution in [2.45, 2.75) is 84.7 Å². The average molecular weight is 214 g/mol. The fourth-order valence-electron chi connectivity index (χ4n) is 2.78. The Morgan fingerprint density at radius 1 is 0.800 bits per heavy atom. The zero-order valence-electron chi connectivity index (χ0n) is 11.2. The minimum Gasteiger partial charge on any atom is -0.390 e. The lowest BCUT2D eigenvalue weighted by atomic mass is 9.76. The molecule has 0 aromatic carbocycles. The maximum absolute atomic E-state index is 10.7. The average Bonchev–Trinajstić information content (AvgIpc) is 2.18. The lowest BCUT2D eigenvalue weighted by molar-refractivity contribution is -0.0418. The molecule has 0 bridgehead atoms. The molecule has 0 rings (SSSR count). The summed E-state index contributed by atoms with van der Waals surface area (Å²) >= 11 is 0. The van der Waals surface area contributed by atoms with E-state index < -0.39 is 0 Å². The minimum absolute atomic E-state index is 0.379. The number of rotatable bonds is 9. The molecule has 0 unspecified atom stereocenters. The van der Waals surface area contributed by atoms with Gasteiger partial charge in [-0.05, 0) is 31.6 Å². The molecule has 1 nitrogen and oxygen atoms in total. The molecule has 0 aliphatic rings. The maximum atomic E-state index is 10.7. The highest BCUT2D eigenvalue weighted by Gasteiger charge is 2.33. The Hall–Kier alpha value is -0.0400. The zero-order chi connectivity index (χ0) is 11.7. The second kappa shape index (κ2) is 8.15. The molecule has 0 amide bonds. The molecule has 0 radical (unpaired) electrons. The lowest BCUT2D eigenvalue weighted by Gasteiger charge is -2.36. The SMILES string of the molecule is CCCC(CCC)C(O)(CCC)CCC. The maximum Gasteiger partial charge on any atom is 0.0675 e. The van der Waals surface area contributed by atoms with Crippen molar-refractivity contribution in [3.05, 3.63) is 0 Å². The van der Waals surface area contributed by atoms with Crippen LogP contribution in [0.25, 0.3) is 0 Å². The molecule has 1 N–H and O–H groups in total. The summed E-state index contributed by atoms with van der Waals surface area (Å²) in [7, 11) is 0. The summed E-state index contributed by atoms with van der Waals surface area (Å²) in [6.45, 7) is 8.80.